The summed E-state index contributed by atoms with van der Waals surface area (Å²) < 4.78 is 15.9. The maximum Gasteiger partial charge on any atom is 0.158 e. The van der Waals surface area contributed by atoms with Gasteiger partial charge in [0.1, 0.15) is 0 Å². The Morgan fingerprint density at radius 1 is 1.13 bits per heavy atom. The van der Waals surface area contributed by atoms with Crippen molar-refractivity contribution in [3.8, 4) is 0 Å². The standard InChI is InChI=1S/C11H25NO3/c1-5-14-11(15-6-2)7-8-12-10(3)9-13-4/h10-12H,5-9H2,1-4H3. The van der Waals surface area contributed by atoms with E-state index >= 15 is 0 Å². The Morgan fingerprint density at radius 2 is 1.73 bits per heavy atom. The largest absolute Gasteiger partial charge is 0.383 e. The summed E-state index contributed by atoms with van der Waals surface area (Å²) in [6, 6.07) is 0.374. The van der Waals surface area contributed by atoms with E-state index in [1.807, 2.05) is 13.8 Å². The number of ether oxygens (including phenoxy) is 3. The van der Waals surface area contributed by atoms with Crippen LogP contribution in [0.3, 0.4) is 0 Å². The van der Waals surface area contributed by atoms with Gasteiger partial charge in [0.05, 0.1) is 6.61 Å². The fourth-order valence-corrected chi connectivity index (χ4v) is 1.34. The van der Waals surface area contributed by atoms with E-state index in [-0.39, 0.29) is 6.29 Å². The first-order valence-corrected chi connectivity index (χ1v) is 5.70. The molecule has 92 valence electrons. The van der Waals surface area contributed by atoms with E-state index in [1.165, 1.54) is 0 Å². The average Bonchev–Trinajstić information content (AvgIpc) is 2.19. The van der Waals surface area contributed by atoms with Crippen molar-refractivity contribution in [2.24, 2.45) is 0 Å². The molecule has 4 nitrogen and oxygen atoms in total. The third-order valence-electron chi connectivity index (χ3n) is 1.99. The fourth-order valence-electron chi connectivity index (χ4n) is 1.34. The third-order valence-corrected chi connectivity index (χ3v) is 1.99. The molecule has 0 amide bonds. The van der Waals surface area contributed by atoms with Gasteiger partial charge in [-0.2, -0.15) is 0 Å². The molecule has 0 fully saturated rings. The SMILES string of the molecule is CCOC(CCNC(C)COC)OCC. The van der Waals surface area contributed by atoms with Gasteiger partial charge in [-0.15, -0.1) is 0 Å². The molecule has 0 radical (unpaired) electrons. The summed E-state index contributed by atoms with van der Waals surface area (Å²) in [5.74, 6) is 0. The molecule has 15 heavy (non-hydrogen) atoms. The van der Waals surface area contributed by atoms with Crippen molar-refractivity contribution in [3.05, 3.63) is 0 Å². The van der Waals surface area contributed by atoms with Crippen molar-refractivity contribution in [2.75, 3.05) is 33.5 Å². The van der Waals surface area contributed by atoms with Crippen LogP contribution in [0.25, 0.3) is 0 Å². The molecule has 4 heteroatoms. The summed E-state index contributed by atoms with van der Waals surface area (Å²) >= 11 is 0. The highest BCUT2D eigenvalue weighted by molar-refractivity contribution is 4.59. The van der Waals surface area contributed by atoms with Gasteiger partial charge in [0.2, 0.25) is 0 Å². The Hall–Kier alpha value is -0.160. The van der Waals surface area contributed by atoms with Crippen molar-refractivity contribution in [3.63, 3.8) is 0 Å². The second-order valence-corrected chi connectivity index (χ2v) is 3.44. The quantitative estimate of drug-likeness (QED) is 0.564. The lowest BCUT2D eigenvalue weighted by Crippen LogP contribution is -2.33. The van der Waals surface area contributed by atoms with Crippen LogP contribution < -0.4 is 5.32 Å². The van der Waals surface area contributed by atoms with Crippen LogP contribution in [0.2, 0.25) is 0 Å². The summed E-state index contributed by atoms with van der Waals surface area (Å²) in [6.45, 7) is 9.06. The van der Waals surface area contributed by atoms with E-state index in [1.54, 1.807) is 7.11 Å². The minimum absolute atomic E-state index is 0.0813. The predicted molar refractivity (Wildman–Crippen MR) is 61.0 cm³/mol. The highest BCUT2D eigenvalue weighted by Gasteiger charge is 2.08. The first kappa shape index (κ1) is 14.8. The number of rotatable bonds is 10. The van der Waals surface area contributed by atoms with Gasteiger partial charge in [-0.05, 0) is 20.8 Å². The van der Waals surface area contributed by atoms with Crippen LogP contribution in [0.15, 0.2) is 0 Å². The van der Waals surface area contributed by atoms with Crippen LogP contribution >= 0.6 is 0 Å². The Morgan fingerprint density at radius 3 is 2.20 bits per heavy atom. The number of methoxy groups -OCH3 is 1. The molecule has 0 spiro atoms. The summed E-state index contributed by atoms with van der Waals surface area (Å²) in [6.07, 6.45) is 0.790. The summed E-state index contributed by atoms with van der Waals surface area (Å²) in [5.41, 5.74) is 0. The zero-order chi connectivity index (χ0) is 11.5. The lowest BCUT2D eigenvalue weighted by molar-refractivity contribution is -0.138. The molecule has 0 saturated heterocycles. The molecular formula is C11H25NO3. The van der Waals surface area contributed by atoms with E-state index in [0.717, 1.165) is 19.6 Å². The Bertz CT molecular complexity index is 127. The van der Waals surface area contributed by atoms with Gasteiger partial charge in [0.25, 0.3) is 0 Å². The van der Waals surface area contributed by atoms with Gasteiger partial charge >= 0.3 is 0 Å². The summed E-state index contributed by atoms with van der Waals surface area (Å²) in [7, 11) is 1.71. The van der Waals surface area contributed by atoms with Crippen LogP contribution in [0.4, 0.5) is 0 Å². The Balaban J connectivity index is 3.51. The van der Waals surface area contributed by atoms with E-state index in [0.29, 0.717) is 19.3 Å². The van der Waals surface area contributed by atoms with Gasteiger partial charge < -0.3 is 19.5 Å². The highest BCUT2D eigenvalue weighted by Crippen LogP contribution is 2.00. The minimum Gasteiger partial charge on any atom is -0.383 e. The van der Waals surface area contributed by atoms with Gasteiger partial charge in [0, 0.05) is 39.3 Å². The van der Waals surface area contributed by atoms with Gasteiger partial charge in [-0.25, -0.2) is 0 Å². The molecule has 0 aromatic rings. The molecule has 0 aromatic carbocycles. The molecule has 0 bridgehead atoms. The highest BCUT2D eigenvalue weighted by atomic mass is 16.7. The van der Waals surface area contributed by atoms with Crippen LogP contribution in [0.5, 0.6) is 0 Å². The van der Waals surface area contributed by atoms with Crippen molar-refractivity contribution in [1.82, 2.24) is 5.32 Å². The van der Waals surface area contributed by atoms with E-state index in [2.05, 4.69) is 12.2 Å². The van der Waals surface area contributed by atoms with Gasteiger partial charge in [0.15, 0.2) is 6.29 Å². The van der Waals surface area contributed by atoms with Crippen LogP contribution in [-0.2, 0) is 14.2 Å². The van der Waals surface area contributed by atoms with E-state index in [9.17, 15) is 0 Å². The summed E-state index contributed by atoms with van der Waals surface area (Å²) in [4.78, 5) is 0. The second kappa shape index (κ2) is 10.4. The second-order valence-electron chi connectivity index (χ2n) is 3.44. The predicted octanol–water partition coefficient (Wildman–Crippen LogP) is 1.40. The molecule has 1 atom stereocenters. The van der Waals surface area contributed by atoms with Crippen LogP contribution in [0, 0.1) is 0 Å². The number of nitrogens with one attached hydrogen (secondary N) is 1. The van der Waals surface area contributed by atoms with Crippen molar-refractivity contribution in [1.29, 1.82) is 0 Å². The smallest absolute Gasteiger partial charge is 0.158 e. The van der Waals surface area contributed by atoms with E-state index < -0.39 is 0 Å². The van der Waals surface area contributed by atoms with Gasteiger partial charge in [-0.1, -0.05) is 0 Å². The Labute approximate surface area is 93.3 Å². The lowest BCUT2D eigenvalue weighted by Gasteiger charge is -2.18. The molecule has 0 saturated carbocycles. The Kier molecular flexibility index (Phi) is 10.3. The minimum atomic E-state index is -0.0813. The topological polar surface area (TPSA) is 39.7 Å². The number of hydrogen-bond acceptors (Lipinski definition) is 4. The third kappa shape index (κ3) is 8.81. The van der Waals surface area contributed by atoms with Crippen molar-refractivity contribution < 1.29 is 14.2 Å². The maximum atomic E-state index is 5.43. The zero-order valence-electron chi connectivity index (χ0n) is 10.4. The van der Waals surface area contributed by atoms with E-state index in [4.69, 9.17) is 14.2 Å². The molecule has 0 aliphatic rings. The first-order chi connectivity index (χ1) is 7.24. The molecule has 0 aliphatic heterocycles. The molecule has 0 rings (SSSR count). The molecule has 0 aromatic heterocycles. The van der Waals surface area contributed by atoms with Crippen molar-refractivity contribution in [2.45, 2.75) is 39.5 Å². The summed E-state index contributed by atoms with van der Waals surface area (Å²) in [5, 5.41) is 3.35. The maximum absolute atomic E-state index is 5.43. The number of hydrogen-bond donors (Lipinski definition) is 1. The molecule has 0 heterocycles. The van der Waals surface area contributed by atoms with Crippen molar-refractivity contribution >= 4 is 0 Å². The average molecular weight is 219 g/mol. The molecule has 0 aliphatic carbocycles. The molecule has 1 N–H and O–H groups in total. The monoisotopic (exact) mass is 219 g/mol. The molecule has 1 unspecified atom stereocenters. The lowest BCUT2D eigenvalue weighted by atomic mass is 10.3. The van der Waals surface area contributed by atoms with Crippen LogP contribution in [0.1, 0.15) is 27.2 Å². The fraction of sp³-hybridized carbons (Fsp3) is 1.00. The normalized spacial score (nSPS) is 13.4. The van der Waals surface area contributed by atoms with Crippen LogP contribution in [-0.4, -0.2) is 45.8 Å². The first-order valence-electron chi connectivity index (χ1n) is 5.70. The van der Waals surface area contributed by atoms with Gasteiger partial charge in [-0.3, -0.25) is 0 Å². The molecular weight excluding hydrogens is 194 g/mol. The zero-order valence-corrected chi connectivity index (χ0v) is 10.4.